The third-order valence-corrected chi connectivity index (χ3v) is 4.83. The maximum Gasteiger partial charge on any atom is 0.220 e. The maximum atomic E-state index is 12.1. The van der Waals surface area contributed by atoms with Gasteiger partial charge in [-0.05, 0) is 57.5 Å². The Hall–Kier alpha value is -0.610. The second-order valence-electron chi connectivity index (χ2n) is 6.53. The predicted octanol–water partition coefficient (Wildman–Crippen LogP) is 1.12. The van der Waals surface area contributed by atoms with Crippen LogP contribution in [0.4, 0.5) is 0 Å². The van der Waals surface area contributed by atoms with Gasteiger partial charge in [-0.25, -0.2) is 0 Å². The lowest BCUT2D eigenvalue weighted by Crippen LogP contribution is -2.46. The smallest absolute Gasteiger partial charge is 0.220 e. The van der Waals surface area contributed by atoms with Gasteiger partial charge in [-0.1, -0.05) is 0 Å². The third-order valence-electron chi connectivity index (χ3n) is 4.83. The number of nitrogens with zero attached hydrogens (tertiary/aromatic N) is 1. The highest BCUT2D eigenvalue weighted by atomic mass is 16.1. The van der Waals surface area contributed by atoms with Crippen molar-refractivity contribution in [2.45, 2.75) is 57.0 Å². The van der Waals surface area contributed by atoms with Gasteiger partial charge in [0.1, 0.15) is 0 Å². The van der Waals surface area contributed by atoms with Gasteiger partial charge >= 0.3 is 0 Å². The van der Waals surface area contributed by atoms with E-state index in [4.69, 9.17) is 0 Å². The second kappa shape index (κ2) is 6.23. The Morgan fingerprint density at radius 2 is 1.95 bits per heavy atom. The Bertz CT molecular complexity index is 303. The molecule has 19 heavy (non-hydrogen) atoms. The summed E-state index contributed by atoms with van der Waals surface area (Å²) < 4.78 is 0. The zero-order chi connectivity index (χ0) is 13.1. The molecule has 1 saturated carbocycles. The molecule has 0 aromatic heterocycles. The van der Waals surface area contributed by atoms with E-state index in [0.717, 1.165) is 38.4 Å². The molecule has 0 aromatic carbocycles. The summed E-state index contributed by atoms with van der Waals surface area (Å²) in [5, 5.41) is 6.64. The molecule has 2 N–H and O–H groups in total. The SMILES string of the molecule is O=C(CC1CCCNC1)NC1CCN(C2CC2)CC1. The van der Waals surface area contributed by atoms with Gasteiger partial charge < -0.3 is 15.5 Å². The zero-order valence-electron chi connectivity index (χ0n) is 11.9. The van der Waals surface area contributed by atoms with E-state index in [0.29, 0.717) is 12.0 Å². The number of hydrogen-bond acceptors (Lipinski definition) is 3. The summed E-state index contributed by atoms with van der Waals surface area (Å²) in [6, 6.07) is 1.31. The number of nitrogens with one attached hydrogen (secondary N) is 2. The van der Waals surface area contributed by atoms with Crippen LogP contribution in [0, 0.1) is 5.92 Å². The molecule has 2 aliphatic heterocycles. The van der Waals surface area contributed by atoms with Crippen LogP contribution in [0.2, 0.25) is 0 Å². The molecule has 0 radical (unpaired) electrons. The number of carbonyl (C=O) groups excluding carboxylic acids is 1. The molecule has 3 fully saturated rings. The van der Waals surface area contributed by atoms with E-state index in [1.54, 1.807) is 0 Å². The first kappa shape index (κ1) is 13.4. The molecular weight excluding hydrogens is 238 g/mol. The Labute approximate surface area is 116 Å². The van der Waals surface area contributed by atoms with Crippen LogP contribution in [-0.4, -0.2) is 49.1 Å². The highest BCUT2D eigenvalue weighted by Crippen LogP contribution is 2.29. The predicted molar refractivity (Wildman–Crippen MR) is 76.0 cm³/mol. The summed E-state index contributed by atoms with van der Waals surface area (Å²) in [6.45, 7) is 4.51. The average Bonchev–Trinajstić information content (AvgIpc) is 3.25. The van der Waals surface area contributed by atoms with Crippen molar-refractivity contribution in [1.82, 2.24) is 15.5 Å². The van der Waals surface area contributed by atoms with Crippen molar-refractivity contribution in [3.63, 3.8) is 0 Å². The largest absolute Gasteiger partial charge is 0.353 e. The van der Waals surface area contributed by atoms with Crippen molar-refractivity contribution in [1.29, 1.82) is 0 Å². The van der Waals surface area contributed by atoms with Crippen molar-refractivity contribution in [2.75, 3.05) is 26.2 Å². The zero-order valence-corrected chi connectivity index (χ0v) is 11.9. The molecule has 0 bridgehead atoms. The van der Waals surface area contributed by atoms with Gasteiger partial charge in [-0.2, -0.15) is 0 Å². The van der Waals surface area contributed by atoms with E-state index < -0.39 is 0 Å². The minimum atomic E-state index is 0.276. The summed E-state index contributed by atoms with van der Waals surface area (Å²) in [6.07, 6.45) is 8.22. The molecule has 0 aromatic rings. The summed E-state index contributed by atoms with van der Waals surface area (Å²) in [5.41, 5.74) is 0. The van der Waals surface area contributed by atoms with Crippen LogP contribution in [0.3, 0.4) is 0 Å². The molecule has 1 amide bonds. The quantitative estimate of drug-likeness (QED) is 0.800. The van der Waals surface area contributed by atoms with Gasteiger partial charge in [-0.3, -0.25) is 4.79 Å². The van der Waals surface area contributed by atoms with E-state index in [-0.39, 0.29) is 5.91 Å². The highest BCUT2D eigenvalue weighted by Gasteiger charge is 2.32. The molecule has 1 atom stereocenters. The van der Waals surface area contributed by atoms with Crippen LogP contribution in [0.5, 0.6) is 0 Å². The van der Waals surface area contributed by atoms with Crippen LogP contribution >= 0.6 is 0 Å². The second-order valence-corrected chi connectivity index (χ2v) is 6.53. The Kier molecular flexibility index (Phi) is 4.38. The maximum absolute atomic E-state index is 12.1. The molecular formula is C15H27N3O. The first-order valence-electron chi connectivity index (χ1n) is 8.05. The first-order chi connectivity index (χ1) is 9.31. The number of likely N-dealkylation sites (tertiary alicyclic amines) is 1. The third kappa shape index (κ3) is 3.93. The van der Waals surface area contributed by atoms with E-state index in [2.05, 4.69) is 15.5 Å². The lowest BCUT2D eigenvalue weighted by Gasteiger charge is -2.32. The summed E-state index contributed by atoms with van der Waals surface area (Å²) >= 11 is 0. The fourth-order valence-electron chi connectivity index (χ4n) is 3.50. The van der Waals surface area contributed by atoms with Gasteiger partial charge in [0.05, 0.1) is 0 Å². The Morgan fingerprint density at radius 3 is 2.58 bits per heavy atom. The van der Waals surface area contributed by atoms with Crippen molar-refractivity contribution >= 4 is 5.91 Å². The van der Waals surface area contributed by atoms with Crippen molar-refractivity contribution < 1.29 is 4.79 Å². The average molecular weight is 265 g/mol. The lowest BCUT2D eigenvalue weighted by molar-refractivity contribution is -0.123. The minimum absolute atomic E-state index is 0.276. The summed E-state index contributed by atoms with van der Waals surface area (Å²) in [7, 11) is 0. The monoisotopic (exact) mass is 265 g/mol. The van der Waals surface area contributed by atoms with E-state index in [1.165, 1.54) is 38.8 Å². The van der Waals surface area contributed by atoms with Crippen molar-refractivity contribution in [3.05, 3.63) is 0 Å². The van der Waals surface area contributed by atoms with Gasteiger partial charge in [-0.15, -0.1) is 0 Å². The molecule has 108 valence electrons. The molecule has 4 heteroatoms. The van der Waals surface area contributed by atoms with Gasteiger partial charge in [0.25, 0.3) is 0 Å². The highest BCUT2D eigenvalue weighted by molar-refractivity contribution is 5.76. The number of piperidine rings is 2. The van der Waals surface area contributed by atoms with Crippen LogP contribution < -0.4 is 10.6 Å². The van der Waals surface area contributed by atoms with Gasteiger partial charge in [0, 0.05) is 31.6 Å². The van der Waals surface area contributed by atoms with Crippen LogP contribution in [0.1, 0.15) is 44.9 Å². The van der Waals surface area contributed by atoms with Crippen LogP contribution in [0.15, 0.2) is 0 Å². The molecule has 4 nitrogen and oxygen atoms in total. The van der Waals surface area contributed by atoms with Crippen molar-refractivity contribution in [3.8, 4) is 0 Å². The molecule has 1 aliphatic carbocycles. The Morgan fingerprint density at radius 1 is 1.16 bits per heavy atom. The lowest BCUT2D eigenvalue weighted by atomic mass is 9.95. The molecule has 2 saturated heterocycles. The fourth-order valence-corrected chi connectivity index (χ4v) is 3.50. The molecule has 0 spiro atoms. The van der Waals surface area contributed by atoms with Crippen molar-refractivity contribution in [2.24, 2.45) is 5.92 Å². The van der Waals surface area contributed by atoms with E-state index in [9.17, 15) is 4.79 Å². The summed E-state index contributed by atoms with van der Waals surface area (Å²) in [5.74, 6) is 0.832. The van der Waals surface area contributed by atoms with Crippen LogP contribution in [0.25, 0.3) is 0 Å². The van der Waals surface area contributed by atoms with E-state index in [1.807, 2.05) is 0 Å². The minimum Gasteiger partial charge on any atom is -0.353 e. The standard InChI is InChI=1S/C15H27N3O/c19-15(10-12-2-1-7-16-11-12)17-13-5-8-18(9-6-13)14-3-4-14/h12-14,16H,1-11H2,(H,17,19). The normalized spacial score (nSPS) is 30.2. The number of rotatable bonds is 4. The molecule has 2 heterocycles. The van der Waals surface area contributed by atoms with Gasteiger partial charge in [0.2, 0.25) is 5.91 Å². The topological polar surface area (TPSA) is 44.4 Å². The summed E-state index contributed by atoms with van der Waals surface area (Å²) in [4.78, 5) is 14.7. The fraction of sp³-hybridized carbons (Fsp3) is 0.933. The molecule has 3 aliphatic rings. The van der Waals surface area contributed by atoms with E-state index >= 15 is 0 Å². The number of hydrogen-bond donors (Lipinski definition) is 2. The molecule has 3 rings (SSSR count). The van der Waals surface area contributed by atoms with Crippen LogP contribution in [-0.2, 0) is 4.79 Å². The molecule has 1 unspecified atom stereocenters. The Balaban J connectivity index is 1.35. The first-order valence-corrected chi connectivity index (χ1v) is 8.05. The number of amides is 1. The van der Waals surface area contributed by atoms with Gasteiger partial charge in [0.15, 0.2) is 0 Å². The number of carbonyl (C=O) groups is 1.